The van der Waals surface area contributed by atoms with Crippen LogP contribution < -0.4 is 5.32 Å². The van der Waals surface area contributed by atoms with Gasteiger partial charge in [0.25, 0.3) is 0 Å². The van der Waals surface area contributed by atoms with Crippen molar-refractivity contribution in [1.29, 1.82) is 0 Å². The molecule has 0 aliphatic carbocycles. The van der Waals surface area contributed by atoms with Gasteiger partial charge in [0.1, 0.15) is 0 Å². The molecule has 3 rings (SSSR count). The maximum atomic E-state index is 13.1. The Kier molecular flexibility index (Phi) is 4.91. The van der Waals surface area contributed by atoms with Crippen LogP contribution >= 0.6 is 11.3 Å². The molecule has 0 aliphatic rings. The molecule has 3 aromatic rings. The van der Waals surface area contributed by atoms with E-state index in [2.05, 4.69) is 21.4 Å². The molecule has 1 aromatic carbocycles. The molecule has 0 atom stereocenters. The molecule has 0 saturated heterocycles. The first-order chi connectivity index (χ1) is 12.3. The number of para-hydroxylation sites is 1. The largest absolute Gasteiger partial charge is 0.418 e. The van der Waals surface area contributed by atoms with Gasteiger partial charge in [0.2, 0.25) is 0 Å². The topological polar surface area (TPSA) is 29.9 Å². The van der Waals surface area contributed by atoms with Gasteiger partial charge in [0.15, 0.2) is 5.13 Å². The monoisotopic (exact) mass is 377 g/mol. The number of halogens is 3. The highest BCUT2D eigenvalue weighted by Gasteiger charge is 2.33. The van der Waals surface area contributed by atoms with E-state index in [-0.39, 0.29) is 5.69 Å². The van der Waals surface area contributed by atoms with Gasteiger partial charge in [-0.1, -0.05) is 18.2 Å². The molecule has 3 nitrogen and oxygen atoms in total. The van der Waals surface area contributed by atoms with Crippen LogP contribution in [0.4, 0.5) is 24.0 Å². The van der Waals surface area contributed by atoms with Crippen LogP contribution in [-0.2, 0) is 12.7 Å². The summed E-state index contributed by atoms with van der Waals surface area (Å²) in [6, 6.07) is 7.42. The van der Waals surface area contributed by atoms with Crippen molar-refractivity contribution < 1.29 is 13.2 Å². The number of rotatable bonds is 5. The van der Waals surface area contributed by atoms with E-state index in [1.807, 2.05) is 31.4 Å². The van der Waals surface area contributed by atoms with Gasteiger partial charge in [-0.2, -0.15) is 13.2 Å². The van der Waals surface area contributed by atoms with Gasteiger partial charge in [-0.25, -0.2) is 4.98 Å². The number of benzene rings is 1. The number of anilines is 2. The predicted octanol–water partition coefficient (Wildman–Crippen LogP) is 6.18. The molecule has 0 fully saturated rings. The van der Waals surface area contributed by atoms with Gasteiger partial charge in [-0.15, -0.1) is 17.9 Å². The van der Waals surface area contributed by atoms with Crippen molar-refractivity contribution in [2.24, 2.45) is 0 Å². The summed E-state index contributed by atoms with van der Waals surface area (Å²) in [6.45, 7) is 8.47. The van der Waals surface area contributed by atoms with Crippen LogP contribution in [0.5, 0.6) is 0 Å². The summed E-state index contributed by atoms with van der Waals surface area (Å²) in [7, 11) is 0. The van der Waals surface area contributed by atoms with E-state index < -0.39 is 11.7 Å². The van der Waals surface area contributed by atoms with Gasteiger partial charge >= 0.3 is 6.18 Å². The van der Waals surface area contributed by atoms with Crippen molar-refractivity contribution >= 4 is 22.2 Å². The standard InChI is InChI=1S/C19H18F3N3S/c1-4-9-25-12(2)10-14(13(25)3)17-11-26-18(24-17)23-16-8-6-5-7-15(16)19(20,21)22/h4-8,10-11H,1,9H2,2-3H3,(H,23,24). The van der Waals surface area contributed by atoms with Crippen molar-refractivity contribution in [2.45, 2.75) is 26.6 Å². The highest BCUT2D eigenvalue weighted by atomic mass is 32.1. The van der Waals surface area contributed by atoms with Crippen molar-refractivity contribution in [2.75, 3.05) is 5.32 Å². The summed E-state index contributed by atoms with van der Waals surface area (Å²) >= 11 is 1.28. The minimum atomic E-state index is -4.42. The Morgan fingerprint density at radius 2 is 2.00 bits per heavy atom. The summed E-state index contributed by atoms with van der Waals surface area (Å²) in [4.78, 5) is 4.48. The molecule has 1 N–H and O–H groups in total. The van der Waals surface area contributed by atoms with E-state index in [1.165, 1.54) is 23.5 Å². The quantitative estimate of drug-likeness (QED) is 0.538. The fourth-order valence-electron chi connectivity index (χ4n) is 2.88. The Hall–Kier alpha value is -2.54. The average Bonchev–Trinajstić information content (AvgIpc) is 3.14. The van der Waals surface area contributed by atoms with E-state index in [9.17, 15) is 13.2 Å². The zero-order chi connectivity index (χ0) is 18.9. The van der Waals surface area contributed by atoms with Crippen molar-refractivity contribution in [3.63, 3.8) is 0 Å². The lowest BCUT2D eigenvalue weighted by Crippen LogP contribution is -2.08. The Morgan fingerprint density at radius 1 is 1.27 bits per heavy atom. The van der Waals surface area contributed by atoms with Gasteiger partial charge in [0.05, 0.1) is 16.9 Å². The zero-order valence-electron chi connectivity index (χ0n) is 14.4. The lowest BCUT2D eigenvalue weighted by molar-refractivity contribution is -0.136. The normalized spacial score (nSPS) is 11.6. The summed E-state index contributed by atoms with van der Waals surface area (Å²) in [5, 5.41) is 5.07. The first kappa shape index (κ1) is 18.3. The first-order valence-electron chi connectivity index (χ1n) is 7.98. The van der Waals surface area contributed by atoms with E-state index >= 15 is 0 Å². The van der Waals surface area contributed by atoms with Crippen LogP contribution in [0.2, 0.25) is 0 Å². The summed E-state index contributed by atoms with van der Waals surface area (Å²) in [5.74, 6) is 0. The van der Waals surface area contributed by atoms with Crippen molar-refractivity contribution in [1.82, 2.24) is 9.55 Å². The Bertz CT molecular complexity index is 938. The maximum Gasteiger partial charge on any atom is 0.418 e. The van der Waals surface area contributed by atoms with Gasteiger partial charge in [0, 0.05) is 28.9 Å². The number of aromatic nitrogens is 2. The smallest absolute Gasteiger partial charge is 0.345 e. The third-order valence-electron chi connectivity index (χ3n) is 4.14. The fraction of sp³-hybridized carbons (Fsp3) is 0.211. The number of hydrogen-bond donors (Lipinski definition) is 1. The molecule has 0 bridgehead atoms. The van der Waals surface area contributed by atoms with E-state index in [0.29, 0.717) is 11.7 Å². The minimum Gasteiger partial charge on any atom is -0.345 e. The molecule has 0 saturated carbocycles. The second-order valence-electron chi connectivity index (χ2n) is 5.89. The number of nitrogens with one attached hydrogen (secondary N) is 1. The zero-order valence-corrected chi connectivity index (χ0v) is 15.2. The molecular formula is C19H18F3N3S. The molecule has 26 heavy (non-hydrogen) atoms. The van der Waals surface area contributed by atoms with Crippen LogP contribution in [-0.4, -0.2) is 9.55 Å². The first-order valence-corrected chi connectivity index (χ1v) is 8.86. The SMILES string of the molecule is C=CCn1c(C)cc(-c2csc(Nc3ccccc3C(F)(F)F)n2)c1C. The third kappa shape index (κ3) is 3.53. The molecule has 2 aromatic heterocycles. The molecule has 2 heterocycles. The third-order valence-corrected chi connectivity index (χ3v) is 4.90. The van der Waals surface area contributed by atoms with Crippen LogP contribution in [0, 0.1) is 13.8 Å². The molecule has 0 aliphatic heterocycles. The Morgan fingerprint density at radius 3 is 2.69 bits per heavy atom. The highest BCUT2D eigenvalue weighted by Crippen LogP contribution is 2.37. The number of alkyl halides is 3. The Labute approximate surface area is 153 Å². The van der Waals surface area contributed by atoms with Crippen LogP contribution in [0.1, 0.15) is 17.0 Å². The summed E-state index contributed by atoms with van der Waals surface area (Å²) in [5.41, 5.74) is 3.14. The number of aryl methyl sites for hydroxylation is 1. The molecule has 0 radical (unpaired) electrons. The van der Waals surface area contributed by atoms with Crippen LogP contribution in [0.3, 0.4) is 0 Å². The lowest BCUT2D eigenvalue weighted by Gasteiger charge is -2.12. The van der Waals surface area contributed by atoms with Crippen molar-refractivity contribution in [3.05, 3.63) is 65.3 Å². The summed E-state index contributed by atoms with van der Waals surface area (Å²) in [6.07, 6.45) is -2.59. The van der Waals surface area contributed by atoms with Crippen LogP contribution in [0.25, 0.3) is 11.3 Å². The Balaban J connectivity index is 1.91. The van der Waals surface area contributed by atoms with E-state index in [1.54, 1.807) is 6.07 Å². The highest BCUT2D eigenvalue weighted by molar-refractivity contribution is 7.14. The maximum absolute atomic E-state index is 13.1. The van der Waals surface area contributed by atoms with Gasteiger partial charge < -0.3 is 9.88 Å². The molecular weight excluding hydrogens is 359 g/mol. The average molecular weight is 377 g/mol. The molecule has 0 spiro atoms. The van der Waals surface area contributed by atoms with E-state index in [4.69, 9.17) is 0 Å². The van der Waals surface area contributed by atoms with Crippen molar-refractivity contribution in [3.8, 4) is 11.3 Å². The molecule has 136 valence electrons. The van der Waals surface area contributed by atoms with E-state index in [0.717, 1.165) is 28.7 Å². The van der Waals surface area contributed by atoms with Gasteiger partial charge in [-0.05, 0) is 32.0 Å². The number of hydrogen-bond acceptors (Lipinski definition) is 3. The minimum absolute atomic E-state index is 0.00182. The second kappa shape index (κ2) is 6.99. The summed E-state index contributed by atoms with van der Waals surface area (Å²) < 4.78 is 41.5. The number of nitrogens with zero attached hydrogens (tertiary/aromatic N) is 2. The molecule has 7 heteroatoms. The fourth-order valence-corrected chi connectivity index (χ4v) is 3.60. The number of thiazole rings is 1. The predicted molar refractivity (Wildman–Crippen MR) is 99.9 cm³/mol. The second-order valence-corrected chi connectivity index (χ2v) is 6.75. The molecule has 0 amide bonds. The number of allylic oxidation sites excluding steroid dienone is 1. The molecule has 0 unspecified atom stereocenters. The lowest BCUT2D eigenvalue weighted by atomic mass is 10.1. The van der Waals surface area contributed by atoms with Crippen LogP contribution in [0.15, 0.2) is 48.4 Å². The van der Waals surface area contributed by atoms with Gasteiger partial charge in [-0.3, -0.25) is 0 Å².